The first-order valence-corrected chi connectivity index (χ1v) is 14.3. The molecule has 1 fully saturated rings. The minimum absolute atomic E-state index is 0.00600. The molecule has 0 aliphatic carbocycles. The zero-order chi connectivity index (χ0) is 26.4. The quantitative estimate of drug-likeness (QED) is 0.457. The van der Waals surface area contributed by atoms with E-state index in [1.54, 1.807) is 17.8 Å². The SMILES string of the molecule is CSC.Cc1cc(Nc2ncc3c(n2)N(c2cccc(N)n2)CCC3CO)ccc1N1CCN(C)CC1. The van der Waals surface area contributed by atoms with Crippen LogP contribution >= 0.6 is 11.8 Å². The van der Waals surface area contributed by atoms with Gasteiger partial charge in [-0.15, -0.1) is 0 Å². The standard InChI is InChI=1S/C25H32N8O.C2H6S/c1-17-14-19(6-7-21(17)32-12-10-31(2)11-13-32)28-25-27-15-20-18(16-34)8-9-33(24(20)30-25)23-5-3-4-22(26)29-23;1-3-2/h3-7,14-15,18,34H,8-13,16H2,1-2H3,(H2,26,29)(H,27,28,30);1-2H3. The number of pyridine rings is 1. The monoisotopic (exact) mass is 522 g/mol. The summed E-state index contributed by atoms with van der Waals surface area (Å²) in [5.41, 5.74) is 10.3. The molecule has 10 heteroatoms. The number of aliphatic hydroxyl groups excluding tert-OH is 1. The third kappa shape index (κ3) is 6.44. The van der Waals surface area contributed by atoms with Crippen molar-refractivity contribution in [1.82, 2.24) is 19.9 Å². The number of fused-ring (bicyclic) bond motifs is 1. The highest BCUT2D eigenvalue weighted by molar-refractivity contribution is 7.97. The molecule has 2 aliphatic rings. The second kappa shape index (κ2) is 12.4. The number of hydrogen-bond acceptors (Lipinski definition) is 10. The summed E-state index contributed by atoms with van der Waals surface area (Å²) in [6.45, 7) is 7.14. The molecule has 3 aromatic rings. The van der Waals surface area contributed by atoms with E-state index in [0.717, 1.165) is 55.5 Å². The molecule has 37 heavy (non-hydrogen) atoms. The van der Waals surface area contributed by atoms with Gasteiger partial charge in [-0.05, 0) is 68.8 Å². The number of benzene rings is 1. The lowest BCUT2D eigenvalue weighted by molar-refractivity contribution is 0.257. The highest BCUT2D eigenvalue weighted by atomic mass is 32.2. The van der Waals surface area contributed by atoms with Crippen LogP contribution in [0.1, 0.15) is 23.5 Å². The molecule has 4 heterocycles. The Morgan fingerprint density at radius 2 is 1.84 bits per heavy atom. The number of hydrogen-bond donors (Lipinski definition) is 3. The summed E-state index contributed by atoms with van der Waals surface area (Å²) in [4.78, 5) is 20.7. The number of piperazine rings is 1. The summed E-state index contributed by atoms with van der Waals surface area (Å²) >= 11 is 1.75. The van der Waals surface area contributed by atoms with E-state index < -0.39 is 0 Å². The number of nitrogens with zero attached hydrogens (tertiary/aromatic N) is 6. The van der Waals surface area contributed by atoms with E-state index in [0.29, 0.717) is 18.3 Å². The van der Waals surface area contributed by atoms with E-state index in [4.69, 9.17) is 10.7 Å². The first kappa shape index (κ1) is 27.0. The lowest BCUT2D eigenvalue weighted by Gasteiger charge is -2.35. The van der Waals surface area contributed by atoms with Crippen LogP contribution in [0.5, 0.6) is 0 Å². The van der Waals surface area contributed by atoms with E-state index in [2.05, 4.69) is 57.3 Å². The van der Waals surface area contributed by atoms with Crippen molar-refractivity contribution < 1.29 is 5.11 Å². The molecule has 0 spiro atoms. The number of nitrogens with one attached hydrogen (secondary N) is 1. The van der Waals surface area contributed by atoms with Crippen molar-refractivity contribution in [3.63, 3.8) is 0 Å². The van der Waals surface area contributed by atoms with E-state index in [-0.39, 0.29) is 12.5 Å². The van der Waals surface area contributed by atoms with Gasteiger partial charge in [-0.25, -0.2) is 9.97 Å². The molecule has 1 atom stereocenters. The highest BCUT2D eigenvalue weighted by Crippen LogP contribution is 2.38. The molecule has 5 rings (SSSR count). The number of nitrogen functional groups attached to an aromatic ring is 1. The number of thioether (sulfide) groups is 1. The lowest BCUT2D eigenvalue weighted by atomic mass is 9.94. The van der Waals surface area contributed by atoms with Gasteiger partial charge in [0.05, 0.1) is 6.61 Å². The van der Waals surface area contributed by atoms with Crippen LogP contribution in [0.4, 0.5) is 34.8 Å². The van der Waals surface area contributed by atoms with E-state index >= 15 is 0 Å². The number of nitrogens with two attached hydrogens (primary N) is 1. The number of aryl methyl sites for hydroxylation is 1. The van der Waals surface area contributed by atoms with Crippen LogP contribution in [-0.4, -0.2) is 83.8 Å². The second-order valence-electron chi connectivity index (χ2n) is 9.54. The van der Waals surface area contributed by atoms with Gasteiger partial charge < -0.3 is 30.9 Å². The average molecular weight is 523 g/mol. The predicted molar refractivity (Wildman–Crippen MR) is 156 cm³/mol. The molecule has 1 saturated heterocycles. The summed E-state index contributed by atoms with van der Waals surface area (Å²) in [6.07, 6.45) is 6.69. The summed E-state index contributed by atoms with van der Waals surface area (Å²) in [7, 11) is 2.17. The van der Waals surface area contributed by atoms with Gasteiger partial charge in [-0.3, -0.25) is 0 Å². The average Bonchev–Trinajstić information content (AvgIpc) is 2.89. The van der Waals surface area contributed by atoms with Crippen LogP contribution < -0.4 is 20.9 Å². The van der Waals surface area contributed by atoms with Gasteiger partial charge in [0, 0.05) is 61.8 Å². The summed E-state index contributed by atoms with van der Waals surface area (Å²) in [6, 6.07) is 12.0. The molecule has 2 aromatic heterocycles. The minimum atomic E-state index is 0.00600. The zero-order valence-corrected chi connectivity index (χ0v) is 23.0. The van der Waals surface area contributed by atoms with E-state index in [9.17, 15) is 5.11 Å². The van der Waals surface area contributed by atoms with Gasteiger partial charge in [0.1, 0.15) is 17.5 Å². The van der Waals surface area contributed by atoms with Crippen LogP contribution in [0.15, 0.2) is 42.6 Å². The van der Waals surface area contributed by atoms with Gasteiger partial charge in [0.25, 0.3) is 0 Å². The number of aromatic nitrogens is 3. The van der Waals surface area contributed by atoms with Crippen molar-refractivity contribution in [3.8, 4) is 0 Å². The number of aliphatic hydroxyl groups is 1. The second-order valence-corrected chi connectivity index (χ2v) is 10.4. The lowest BCUT2D eigenvalue weighted by Crippen LogP contribution is -2.44. The van der Waals surface area contributed by atoms with Gasteiger partial charge in [-0.2, -0.15) is 16.7 Å². The molecule has 0 radical (unpaired) electrons. The minimum Gasteiger partial charge on any atom is -0.396 e. The van der Waals surface area contributed by atoms with Gasteiger partial charge in [0.15, 0.2) is 0 Å². The smallest absolute Gasteiger partial charge is 0.229 e. The maximum atomic E-state index is 9.89. The van der Waals surface area contributed by atoms with E-state index in [1.165, 1.54) is 11.3 Å². The Balaban J connectivity index is 0.00000102. The largest absolute Gasteiger partial charge is 0.396 e. The molecular formula is C27H38N8OS. The summed E-state index contributed by atoms with van der Waals surface area (Å²) in [5.74, 6) is 2.48. The molecular weight excluding hydrogens is 484 g/mol. The third-order valence-electron chi connectivity index (χ3n) is 6.74. The van der Waals surface area contributed by atoms with Crippen molar-refractivity contribution in [1.29, 1.82) is 0 Å². The number of anilines is 6. The van der Waals surface area contributed by atoms with Crippen molar-refractivity contribution in [2.45, 2.75) is 19.3 Å². The molecule has 0 amide bonds. The Morgan fingerprint density at radius 3 is 2.51 bits per heavy atom. The van der Waals surface area contributed by atoms with Crippen molar-refractivity contribution >= 4 is 46.5 Å². The first-order chi connectivity index (χ1) is 17.9. The fourth-order valence-corrected chi connectivity index (χ4v) is 4.76. The Morgan fingerprint density at radius 1 is 1.08 bits per heavy atom. The van der Waals surface area contributed by atoms with Gasteiger partial charge >= 0.3 is 0 Å². The first-order valence-electron chi connectivity index (χ1n) is 12.6. The molecule has 9 nitrogen and oxygen atoms in total. The molecule has 1 aromatic carbocycles. The predicted octanol–water partition coefficient (Wildman–Crippen LogP) is 3.85. The summed E-state index contributed by atoms with van der Waals surface area (Å²) in [5, 5.41) is 13.3. The number of rotatable bonds is 5. The van der Waals surface area contributed by atoms with Crippen LogP contribution in [0.3, 0.4) is 0 Å². The molecule has 4 N–H and O–H groups in total. The Labute approximate surface area is 224 Å². The summed E-state index contributed by atoms with van der Waals surface area (Å²) < 4.78 is 0. The topological polar surface area (TPSA) is 107 Å². The van der Waals surface area contributed by atoms with Crippen LogP contribution in [0.2, 0.25) is 0 Å². The Kier molecular flexibility index (Phi) is 9.07. The van der Waals surface area contributed by atoms with Gasteiger partial charge in [0.2, 0.25) is 5.95 Å². The molecule has 0 bridgehead atoms. The van der Waals surface area contributed by atoms with Crippen LogP contribution in [-0.2, 0) is 0 Å². The number of likely N-dealkylation sites (N-methyl/N-ethyl adjacent to an activating group) is 1. The normalized spacial score (nSPS) is 17.6. The third-order valence-corrected chi connectivity index (χ3v) is 6.74. The molecule has 0 saturated carbocycles. The van der Waals surface area contributed by atoms with E-state index in [1.807, 2.05) is 35.7 Å². The highest BCUT2D eigenvalue weighted by Gasteiger charge is 2.28. The van der Waals surface area contributed by atoms with Crippen molar-refractivity contribution in [2.75, 3.05) is 79.7 Å². The Hall–Kier alpha value is -3.08. The van der Waals surface area contributed by atoms with Crippen molar-refractivity contribution in [2.24, 2.45) is 0 Å². The fraction of sp³-hybridized carbons (Fsp3) is 0.444. The molecule has 198 valence electrons. The van der Waals surface area contributed by atoms with Gasteiger partial charge in [-0.1, -0.05) is 6.07 Å². The molecule has 2 aliphatic heterocycles. The fourth-order valence-electron chi connectivity index (χ4n) is 4.76. The maximum absolute atomic E-state index is 9.89. The van der Waals surface area contributed by atoms with Crippen molar-refractivity contribution in [3.05, 3.63) is 53.7 Å². The van der Waals surface area contributed by atoms with Crippen LogP contribution in [0, 0.1) is 6.92 Å². The molecule has 1 unspecified atom stereocenters. The zero-order valence-electron chi connectivity index (χ0n) is 22.2. The maximum Gasteiger partial charge on any atom is 0.229 e. The Bertz CT molecular complexity index is 1180. The van der Waals surface area contributed by atoms with Crippen LogP contribution in [0.25, 0.3) is 0 Å².